The zero-order chi connectivity index (χ0) is 18.4. The summed E-state index contributed by atoms with van der Waals surface area (Å²) in [5.41, 5.74) is 0. The van der Waals surface area contributed by atoms with E-state index in [0.717, 1.165) is 0 Å². The number of phenols is 1. The van der Waals surface area contributed by atoms with E-state index in [1.165, 1.54) is 24.3 Å². The summed E-state index contributed by atoms with van der Waals surface area (Å²) in [6.45, 7) is 3.21. The van der Waals surface area contributed by atoms with E-state index in [-0.39, 0.29) is 24.5 Å². The van der Waals surface area contributed by atoms with E-state index < -0.39 is 36.7 Å². The molecule has 1 heterocycles. The van der Waals surface area contributed by atoms with Crippen LogP contribution in [-0.2, 0) is 14.3 Å². The Kier molecular flexibility index (Phi) is 6.77. The van der Waals surface area contributed by atoms with E-state index in [4.69, 9.17) is 14.2 Å². The van der Waals surface area contributed by atoms with Crippen molar-refractivity contribution in [3.63, 3.8) is 0 Å². The predicted octanol–water partition coefficient (Wildman–Crippen LogP) is 0.0880. The summed E-state index contributed by atoms with van der Waals surface area (Å²) in [5, 5.41) is 39.2. The molecular formula is C17H22O8. The molecule has 0 saturated carbocycles. The van der Waals surface area contributed by atoms with Gasteiger partial charge in [0.05, 0.1) is 0 Å². The van der Waals surface area contributed by atoms with Crippen molar-refractivity contribution >= 4 is 5.97 Å². The summed E-state index contributed by atoms with van der Waals surface area (Å²) < 4.78 is 15.9. The van der Waals surface area contributed by atoms with Crippen LogP contribution in [0.15, 0.2) is 36.9 Å². The Hall–Kier alpha value is -2.13. The highest BCUT2D eigenvalue weighted by Crippen LogP contribution is 2.25. The highest BCUT2D eigenvalue weighted by atomic mass is 16.7. The number of hydrogen-bond acceptors (Lipinski definition) is 8. The van der Waals surface area contributed by atoms with Crippen LogP contribution < -0.4 is 4.74 Å². The molecule has 2 rings (SSSR count). The van der Waals surface area contributed by atoms with Gasteiger partial charge < -0.3 is 34.6 Å². The summed E-state index contributed by atoms with van der Waals surface area (Å²) in [6.07, 6.45) is -4.64. The quantitative estimate of drug-likeness (QED) is 0.401. The van der Waals surface area contributed by atoms with Crippen LogP contribution in [0.2, 0.25) is 0 Å². The number of aromatic hydroxyl groups is 1. The van der Waals surface area contributed by atoms with Crippen molar-refractivity contribution in [3.8, 4) is 11.5 Å². The summed E-state index contributed by atoms with van der Waals surface area (Å²) >= 11 is 0. The minimum Gasteiger partial charge on any atom is -0.508 e. The van der Waals surface area contributed by atoms with Gasteiger partial charge in [0.2, 0.25) is 6.29 Å². The lowest BCUT2D eigenvalue weighted by molar-refractivity contribution is -0.278. The normalized spacial score (nSPS) is 29.0. The Balaban J connectivity index is 1.97. The molecule has 0 bridgehead atoms. The number of carbonyl (C=O) groups is 1. The molecule has 0 aromatic heterocycles. The highest BCUT2D eigenvalue weighted by molar-refractivity contribution is 5.69. The number of carbonyl (C=O) groups excluding carboxylic acids is 1. The highest BCUT2D eigenvalue weighted by Gasteiger charge is 2.45. The molecule has 1 fully saturated rings. The predicted molar refractivity (Wildman–Crippen MR) is 85.8 cm³/mol. The van der Waals surface area contributed by atoms with Gasteiger partial charge in [-0.1, -0.05) is 6.08 Å². The van der Waals surface area contributed by atoms with Gasteiger partial charge in [0.15, 0.2) is 0 Å². The second-order valence-corrected chi connectivity index (χ2v) is 5.64. The third-order valence-electron chi connectivity index (χ3n) is 3.72. The molecule has 8 heteroatoms. The Morgan fingerprint density at radius 1 is 1.16 bits per heavy atom. The summed E-state index contributed by atoms with van der Waals surface area (Å²) in [6, 6.07) is 5.67. The Morgan fingerprint density at radius 3 is 2.48 bits per heavy atom. The van der Waals surface area contributed by atoms with Gasteiger partial charge in [-0.3, -0.25) is 4.79 Å². The molecule has 8 nitrogen and oxygen atoms in total. The molecule has 0 aliphatic carbocycles. The van der Waals surface area contributed by atoms with Crippen LogP contribution in [0.3, 0.4) is 0 Å². The average molecular weight is 354 g/mol. The van der Waals surface area contributed by atoms with Crippen molar-refractivity contribution in [2.24, 2.45) is 0 Å². The van der Waals surface area contributed by atoms with Gasteiger partial charge in [-0.2, -0.15) is 0 Å². The number of rotatable bonds is 7. The molecule has 4 N–H and O–H groups in total. The van der Waals surface area contributed by atoms with Crippen LogP contribution in [0.25, 0.3) is 0 Å². The minimum atomic E-state index is -1.53. The van der Waals surface area contributed by atoms with Gasteiger partial charge in [0, 0.05) is 6.42 Å². The largest absolute Gasteiger partial charge is 0.508 e. The van der Waals surface area contributed by atoms with Crippen LogP contribution >= 0.6 is 0 Å². The standard InChI is InChI=1S/C17H22O8/c1-2-3-4-13(19)23-9-12-14(20)15(21)16(22)17(25-12)24-11-7-5-10(18)6-8-11/h2,5-8,12,14-18,20-22H,1,3-4,9H2/t12-,14-,15+,16-,17-/m1/s1. The smallest absolute Gasteiger partial charge is 0.306 e. The van der Waals surface area contributed by atoms with Crippen LogP contribution in [-0.4, -0.2) is 63.7 Å². The first-order chi connectivity index (χ1) is 11.9. The van der Waals surface area contributed by atoms with Gasteiger partial charge in [-0.05, 0) is 30.7 Å². The van der Waals surface area contributed by atoms with Crippen molar-refractivity contribution in [3.05, 3.63) is 36.9 Å². The van der Waals surface area contributed by atoms with E-state index in [1.54, 1.807) is 6.08 Å². The minimum absolute atomic E-state index is 0.0391. The van der Waals surface area contributed by atoms with E-state index in [1.807, 2.05) is 0 Å². The lowest BCUT2D eigenvalue weighted by Crippen LogP contribution is -2.60. The fraction of sp³-hybridized carbons (Fsp3) is 0.471. The molecule has 0 spiro atoms. The average Bonchev–Trinajstić information content (AvgIpc) is 2.61. The third kappa shape index (κ3) is 5.17. The fourth-order valence-corrected chi connectivity index (χ4v) is 2.28. The van der Waals surface area contributed by atoms with Gasteiger partial charge in [-0.25, -0.2) is 0 Å². The fourth-order valence-electron chi connectivity index (χ4n) is 2.28. The van der Waals surface area contributed by atoms with Crippen molar-refractivity contribution < 1.29 is 39.4 Å². The lowest BCUT2D eigenvalue weighted by Gasteiger charge is -2.39. The maximum Gasteiger partial charge on any atom is 0.306 e. The Morgan fingerprint density at radius 2 is 1.84 bits per heavy atom. The van der Waals surface area contributed by atoms with Gasteiger partial charge in [0.1, 0.15) is 42.5 Å². The van der Waals surface area contributed by atoms with Gasteiger partial charge in [0.25, 0.3) is 0 Å². The Bertz CT molecular complexity index is 573. The van der Waals surface area contributed by atoms with Crippen LogP contribution in [0.1, 0.15) is 12.8 Å². The topological polar surface area (TPSA) is 126 Å². The van der Waals surface area contributed by atoms with Crippen molar-refractivity contribution in [1.82, 2.24) is 0 Å². The third-order valence-corrected chi connectivity index (χ3v) is 3.72. The van der Waals surface area contributed by atoms with Crippen molar-refractivity contribution in [1.29, 1.82) is 0 Å². The molecule has 0 radical (unpaired) electrons. The van der Waals surface area contributed by atoms with Gasteiger partial charge in [-0.15, -0.1) is 6.58 Å². The molecule has 138 valence electrons. The number of esters is 1. The van der Waals surface area contributed by atoms with Crippen LogP contribution in [0.4, 0.5) is 0 Å². The maximum absolute atomic E-state index is 11.5. The Labute approximate surface area is 144 Å². The second kappa shape index (κ2) is 8.82. The SMILES string of the molecule is C=CCCC(=O)OC[C@H]1O[C@@H](Oc2ccc(O)cc2)[C@H](O)[C@@H](O)[C@@H]1O. The lowest BCUT2D eigenvalue weighted by atomic mass is 9.99. The number of aliphatic hydroxyl groups excluding tert-OH is 3. The molecule has 0 amide bonds. The maximum atomic E-state index is 11.5. The molecule has 1 aromatic rings. The summed E-state index contributed by atoms with van der Waals surface area (Å²) in [7, 11) is 0. The second-order valence-electron chi connectivity index (χ2n) is 5.64. The molecule has 5 atom stereocenters. The first-order valence-electron chi connectivity index (χ1n) is 7.84. The summed E-state index contributed by atoms with van der Waals surface area (Å²) in [5.74, 6) is -0.170. The first-order valence-corrected chi connectivity index (χ1v) is 7.84. The molecule has 25 heavy (non-hydrogen) atoms. The number of hydrogen-bond donors (Lipinski definition) is 4. The zero-order valence-corrected chi connectivity index (χ0v) is 13.5. The van der Waals surface area contributed by atoms with E-state index >= 15 is 0 Å². The summed E-state index contributed by atoms with van der Waals surface area (Å²) in [4.78, 5) is 11.5. The molecule has 1 aliphatic heterocycles. The van der Waals surface area contributed by atoms with Crippen LogP contribution in [0.5, 0.6) is 11.5 Å². The van der Waals surface area contributed by atoms with Crippen molar-refractivity contribution in [2.75, 3.05) is 6.61 Å². The number of aliphatic hydroxyl groups is 3. The van der Waals surface area contributed by atoms with Crippen molar-refractivity contribution in [2.45, 2.75) is 43.5 Å². The number of allylic oxidation sites excluding steroid dienone is 1. The molecule has 1 aliphatic rings. The number of ether oxygens (including phenoxy) is 3. The van der Waals surface area contributed by atoms with E-state index in [9.17, 15) is 25.2 Å². The van der Waals surface area contributed by atoms with E-state index in [2.05, 4.69) is 6.58 Å². The molecule has 0 unspecified atom stereocenters. The molecule has 1 aromatic carbocycles. The van der Waals surface area contributed by atoms with E-state index in [0.29, 0.717) is 6.42 Å². The number of benzene rings is 1. The molecular weight excluding hydrogens is 332 g/mol. The molecule has 1 saturated heterocycles. The van der Waals surface area contributed by atoms with Gasteiger partial charge >= 0.3 is 5.97 Å². The zero-order valence-electron chi connectivity index (χ0n) is 13.5. The monoisotopic (exact) mass is 354 g/mol. The first kappa shape index (κ1) is 19.2. The number of phenolic OH excluding ortho intramolecular Hbond substituents is 1. The van der Waals surface area contributed by atoms with Crippen LogP contribution in [0, 0.1) is 0 Å².